The van der Waals surface area contributed by atoms with E-state index >= 15 is 0 Å². The highest BCUT2D eigenvalue weighted by Crippen LogP contribution is 2.45. The van der Waals surface area contributed by atoms with E-state index in [1.54, 1.807) is 4.90 Å². The summed E-state index contributed by atoms with van der Waals surface area (Å²) in [5.41, 5.74) is 4.38. The van der Waals surface area contributed by atoms with Crippen LogP contribution in [0.4, 0.5) is 18.0 Å². The maximum atomic E-state index is 13.4. The van der Waals surface area contributed by atoms with Crippen molar-refractivity contribution in [1.82, 2.24) is 4.90 Å². The molecule has 1 amide bonds. The first-order valence-electron chi connectivity index (χ1n) is 13.2. The molecule has 5 nitrogen and oxygen atoms in total. The summed E-state index contributed by atoms with van der Waals surface area (Å²) >= 11 is 0. The highest BCUT2D eigenvalue weighted by Gasteiger charge is 2.45. The molecule has 0 aromatic heterocycles. The van der Waals surface area contributed by atoms with Gasteiger partial charge in [-0.05, 0) is 59.7 Å². The number of carbonyl (C=O) groups is 2. The van der Waals surface area contributed by atoms with Crippen LogP contribution in [0.15, 0.2) is 66.7 Å². The molecule has 3 aromatic carbocycles. The summed E-state index contributed by atoms with van der Waals surface area (Å²) in [5.74, 6) is -0.651. The molecule has 2 saturated heterocycles. The minimum atomic E-state index is -4.46. The maximum Gasteiger partial charge on any atom is 0.416 e. The Bertz CT molecular complexity index is 1380. The van der Waals surface area contributed by atoms with Crippen LogP contribution in [-0.2, 0) is 15.7 Å². The van der Waals surface area contributed by atoms with Gasteiger partial charge in [-0.1, -0.05) is 54.6 Å². The summed E-state index contributed by atoms with van der Waals surface area (Å²) in [5, 5.41) is 0. The van der Waals surface area contributed by atoms with Crippen LogP contribution < -0.4 is 0 Å². The second-order valence-electron chi connectivity index (χ2n) is 10.6. The summed E-state index contributed by atoms with van der Waals surface area (Å²) in [6.45, 7) is 2.31. The lowest BCUT2D eigenvalue weighted by Gasteiger charge is -2.47. The SMILES string of the molecule is Cc1cc(C(F)(F)F)ccc1C(=O)C1CC2COCC(C1)N2C(=O)OCC1c2ccccc2-c2ccccc21. The molecule has 2 bridgehead atoms. The molecule has 0 N–H and O–H groups in total. The molecule has 2 heterocycles. The molecule has 3 aliphatic rings. The monoisotopic (exact) mass is 535 g/mol. The number of aryl methyl sites for hydroxylation is 1. The third kappa shape index (κ3) is 4.61. The van der Waals surface area contributed by atoms with Gasteiger partial charge in [0.15, 0.2) is 5.78 Å². The number of halogens is 3. The Morgan fingerprint density at radius 2 is 1.51 bits per heavy atom. The summed E-state index contributed by atoms with van der Waals surface area (Å²) in [6.07, 6.45) is -4.14. The van der Waals surface area contributed by atoms with Gasteiger partial charge in [0.05, 0.1) is 30.9 Å². The first kappa shape index (κ1) is 25.6. The Balaban J connectivity index is 1.16. The van der Waals surface area contributed by atoms with E-state index in [-0.39, 0.29) is 43.6 Å². The summed E-state index contributed by atoms with van der Waals surface area (Å²) < 4.78 is 50.9. The number of amides is 1. The molecular weight excluding hydrogens is 507 g/mol. The van der Waals surface area contributed by atoms with Crippen LogP contribution >= 0.6 is 0 Å². The van der Waals surface area contributed by atoms with Gasteiger partial charge < -0.3 is 9.47 Å². The molecule has 2 atom stereocenters. The van der Waals surface area contributed by atoms with Crippen molar-refractivity contribution in [2.45, 2.75) is 43.9 Å². The van der Waals surface area contributed by atoms with Gasteiger partial charge in [0.2, 0.25) is 0 Å². The molecule has 1 aliphatic carbocycles. The highest BCUT2D eigenvalue weighted by molar-refractivity contribution is 5.99. The largest absolute Gasteiger partial charge is 0.448 e. The molecule has 0 spiro atoms. The molecule has 8 heteroatoms. The third-order valence-electron chi connectivity index (χ3n) is 8.26. The van der Waals surface area contributed by atoms with E-state index in [1.165, 1.54) is 13.0 Å². The van der Waals surface area contributed by atoms with Gasteiger partial charge in [-0.2, -0.15) is 13.2 Å². The van der Waals surface area contributed by atoms with E-state index in [0.717, 1.165) is 34.4 Å². The van der Waals surface area contributed by atoms with Crippen LogP contribution in [-0.4, -0.2) is 48.7 Å². The number of nitrogens with zero attached hydrogens (tertiary/aromatic N) is 1. The number of Topliss-reactive ketones (excluding diaryl/α,β-unsaturated/α-hetero) is 1. The van der Waals surface area contributed by atoms with Crippen molar-refractivity contribution in [1.29, 1.82) is 0 Å². The predicted octanol–water partition coefficient (Wildman–Crippen LogP) is 6.63. The number of alkyl halides is 3. The van der Waals surface area contributed by atoms with Crippen molar-refractivity contribution in [3.8, 4) is 11.1 Å². The molecular formula is C31H28F3NO4. The number of benzene rings is 3. The predicted molar refractivity (Wildman–Crippen MR) is 139 cm³/mol. The maximum absolute atomic E-state index is 13.4. The Labute approximate surface area is 224 Å². The van der Waals surface area contributed by atoms with Gasteiger partial charge in [0, 0.05) is 17.4 Å². The number of ether oxygens (including phenoxy) is 2. The fraction of sp³-hybridized carbons (Fsp3) is 0.355. The van der Waals surface area contributed by atoms with Gasteiger partial charge in [-0.25, -0.2) is 4.79 Å². The smallest absolute Gasteiger partial charge is 0.416 e. The van der Waals surface area contributed by atoms with Crippen molar-refractivity contribution < 1.29 is 32.2 Å². The minimum absolute atomic E-state index is 0.0563. The molecule has 39 heavy (non-hydrogen) atoms. The van der Waals surface area contributed by atoms with Crippen LogP contribution in [0.2, 0.25) is 0 Å². The van der Waals surface area contributed by atoms with E-state index in [0.29, 0.717) is 24.0 Å². The van der Waals surface area contributed by atoms with E-state index < -0.39 is 23.8 Å². The van der Waals surface area contributed by atoms with Gasteiger partial charge >= 0.3 is 12.3 Å². The number of hydrogen-bond donors (Lipinski definition) is 0. The van der Waals surface area contributed by atoms with Crippen molar-refractivity contribution in [3.63, 3.8) is 0 Å². The Hall–Kier alpha value is -3.65. The van der Waals surface area contributed by atoms with E-state index in [9.17, 15) is 22.8 Å². The van der Waals surface area contributed by atoms with E-state index in [1.807, 2.05) is 24.3 Å². The quantitative estimate of drug-likeness (QED) is 0.352. The van der Waals surface area contributed by atoms with Gasteiger partial charge in [-0.3, -0.25) is 9.69 Å². The van der Waals surface area contributed by atoms with Crippen LogP contribution in [0.3, 0.4) is 0 Å². The number of ketones is 1. The Morgan fingerprint density at radius 1 is 0.923 bits per heavy atom. The molecule has 202 valence electrons. The van der Waals surface area contributed by atoms with Gasteiger partial charge in [0.25, 0.3) is 0 Å². The minimum Gasteiger partial charge on any atom is -0.448 e. The fourth-order valence-electron chi connectivity index (χ4n) is 6.43. The molecule has 3 aromatic rings. The molecule has 2 aliphatic heterocycles. The lowest BCUT2D eigenvalue weighted by Crippen LogP contribution is -2.60. The van der Waals surface area contributed by atoms with Crippen molar-refractivity contribution in [3.05, 3.63) is 94.5 Å². The average molecular weight is 536 g/mol. The summed E-state index contributed by atoms with van der Waals surface area (Å²) in [6, 6.07) is 18.8. The van der Waals surface area contributed by atoms with Crippen molar-refractivity contribution in [2.24, 2.45) is 5.92 Å². The second-order valence-corrected chi connectivity index (χ2v) is 10.6. The number of piperidine rings is 1. The van der Waals surface area contributed by atoms with Crippen LogP contribution in [0.5, 0.6) is 0 Å². The normalized spacial score (nSPS) is 22.3. The van der Waals surface area contributed by atoms with Crippen LogP contribution in [0.25, 0.3) is 11.1 Å². The van der Waals surface area contributed by atoms with E-state index in [2.05, 4.69) is 24.3 Å². The molecule has 6 rings (SSSR count). The zero-order valence-electron chi connectivity index (χ0n) is 21.4. The zero-order chi connectivity index (χ0) is 27.3. The lowest BCUT2D eigenvalue weighted by atomic mass is 9.80. The second kappa shape index (κ2) is 9.83. The van der Waals surface area contributed by atoms with Gasteiger partial charge in [-0.15, -0.1) is 0 Å². The molecule has 2 fully saturated rings. The highest BCUT2D eigenvalue weighted by atomic mass is 19.4. The van der Waals surface area contributed by atoms with Crippen LogP contribution in [0, 0.1) is 12.8 Å². The fourth-order valence-corrected chi connectivity index (χ4v) is 6.43. The number of rotatable bonds is 4. The zero-order valence-corrected chi connectivity index (χ0v) is 21.4. The lowest BCUT2D eigenvalue weighted by molar-refractivity contribution is -0.137. The number of fused-ring (bicyclic) bond motifs is 5. The van der Waals surface area contributed by atoms with E-state index in [4.69, 9.17) is 9.47 Å². The van der Waals surface area contributed by atoms with Crippen LogP contribution in [0.1, 0.15) is 51.4 Å². The Morgan fingerprint density at radius 3 is 2.08 bits per heavy atom. The summed E-state index contributed by atoms with van der Waals surface area (Å²) in [4.78, 5) is 28.5. The average Bonchev–Trinajstić information content (AvgIpc) is 3.23. The standard InChI is InChI=1S/C31H28F3NO4/c1-18-12-20(31(32,33)34)10-11-23(18)29(36)19-13-21-15-38-16-22(14-19)35(21)30(37)39-17-28-26-8-4-2-6-24(26)25-7-3-5-9-27(25)28/h2-12,19,21-22,28H,13-17H2,1H3. The number of carbonyl (C=O) groups excluding carboxylic acids is 2. The first-order valence-corrected chi connectivity index (χ1v) is 13.2. The van der Waals surface area contributed by atoms with Crippen molar-refractivity contribution in [2.75, 3.05) is 19.8 Å². The topological polar surface area (TPSA) is 55.8 Å². The van der Waals surface area contributed by atoms with Crippen molar-refractivity contribution >= 4 is 11.9 Å². The van der Waals surface area contributed by atoms with Gasteiger partial charge in [0.1, 0.15) is 6.61 Å². The molecule has 2 unspecified atom stereocenters. The third-order valence-corrected chi connectivity index (χ3v) is 8.26. The first-order chi connectivity index (χ1) is 18.7. The molecule has 0 saturated carbocycles. The molecule has 0 radical (unpaired) electrons. The summed E-state index contributed by atoms with van der Waals surface area (Å²) in [7, 11) is 0. The number of hydrogen-bond acceptors (Lipinski definition) is 4. The Kier molecular flexibility index (Phi) is 6.46. The number of morpholine rings is 1.